The number of rotatable bonds is 5. The van der Waals surface area contributed by atoms with Crippen LogP contribution in [0.15, 0.2) is 61.2 Å². The number of carbonyl (C=O) groups is 1. The fourth-order valence-corrected chi connectivity index (χ4v) is 4.24. The van der Waals surface area contributed by atoms with Crippen LogP contribution in [0.4, 0.5) is 13.2 Å². The van der Waals surface area contributed by atoms with Gasteiger partial charge in [0.15, 0.2) is 0 Å². The van der Waals surface area contributed by atoms with Crippen LogP contribution >= 0.6 is 11.6 Å². The summed E-state index contributed by atoms with van der Waals surface area (Å²) in [6.45, 7) is 0.799. The summed E-state index contributed by atoms with van der Waals surface area (Å²) in [6.07, 6.45) is 1.93. The van der Waals surface area contributed by atoms with Crippen molar-refractivity contribution in [2.75, 3.05) is 6.54 Å². The molecule has 1 saturated heterocycles. The summed E-state index contributed by atoms with van der Waals surface area (Å²) in [5.74, 6) is -0.659. The Balaban J connectivity index is 1.67. The van der Waals surface area contributed by atoms with Gasteiger partial charge in [0, 0.05) is 24.0 Å². The Hall–Kier alpha value is -2.97. The van der Waals surface area contributed by atoms with Gasteiger partial charge in [-0.15, -0.1) is 0 Å². The highest BCUT2D eigenvalue weighted by atomic mass is 35.5. The Bertz CT molecular complexity index is 1100. The van der Waals surface area contributed by atoms with Crippen LogP contribution in [0.1, 0.15) is 40.4 Å². The lowest BCUT2D eigenvalue weighted by Gasteiger charge is -2.26. The average molecular weight is 461 g/mol. The minimum atomic E-state index is -4.65. The van der Waals surface area contributed by atoms with Crippen LogP contribution < -0.4 is 10.6 Å². The summed E-state index contributed by atoms with van der Waals surface area (Å²) in [5.41, 5.74) is 1.27. The topological polar surface area (TPSA) is 66.9 Å². The number of hydrogen-bond acceptors (Lipinski definition) is 4. The molecule has 0 spiro atoms. The van der Waals surface area contributed by atoms with Crippen molar-refractivity contribution in [2.45, 2.75) is 31.1 Å². The van der Waals surface area contributed by atoms with E-state index in [0.717, 1.165) is 42.1 Å². The lowest BCUT2D eigenvalue weighted by Crippen LogP contribution is -2.41. The van der Waals surface area contributed by atoms with Gasteiger partial charge in [-0.2, -0.15) is 13.2 Å². The highest BCUT2D eigenvalue weighted by molar-refractivity contribution is 6.34. The van der Waals surface area contributed by atoms with Gasteiger partial charge in [-0.1, -0.05) is 35.9 Å². The molecular weight excluding hydrogens is 441 g/mol. The van der Waals surface area contributed by atoms with Crippen molar-refractivity contribution >= 4 is 17.5 Å². The first-order valence-electron chi connectivity index (χ1n) is 10.1. The molecular formula is C23H20ClF3N4O. The normalized spacial score (nSPS) is 17.2. The van der Waals surface area contributed by atoms with Crippen LogP contribution in [0.25, 0.3) is 11.1 Å². The summed E-state index contributed by atoms with van der Waals surface area (Å²) in [5, 5.41) is 5.67. The van der Waals surface area contributed by atoms with E-state index in [2.05, 4.69) is 20.6 Å². The van der Waals surface area contributed by atoms with Gasteiger partial charge in [-0.3, -0.25) is 4.79 Å². The molecule has 1 fully saturated rings. The van der Waals surface area contributed by atoms with Gasteiger partial charge in [-0.05, 0) is 48.7 Å². The average Bonchev–Trinajstić information content (AvgIpc) is 3.32. The number of amides is 1. The number of nitrogens with one attached hydrogen (secondary N) is 2. The molecule has 5 nitrogen and oxygen atoms in total. The fraction of sp³-hybridized carbons (Fsp3) is 0.261. The van der Waals surface area contributed by atoms with Gasteiger partial charge in [-0.25, -0.2) is 9.97 Å². The first-order valence-corrected chi connectivity index (χ1v) is 10.5. The third-order valence-corrected chi connectivity index (χ3v) is 5.88. The van der Waals surface area contributed by atoms with E-state index in [9.17, 15) is 18.0 Å². The van der Waals surface area contributed by atoms with E-state index in [1.54, 1.807) is 12.4 Å². The maximum atomic E-state index is 13.2. The summed E-state index contributed by atoms with van der Waals surface area (Å²) in [4.78, 5) is 21.1. The third kappa shape index (κ3) is 4.76. The molecule has 0 radical (unpaired) electrons. The van der Waals surface area contributed by atoms with Crippen LogP contribution in [0.2, 0.25) is 5.02 Å². The second kappa shape index (κ2) is 9.26. The SMILES string of the molecule is O=C(N[C@@H](c1cccc(-c2cncnc2)c1)[C@@H]1CCCN1)c1cccc(C(F)(F)F)c1Cl. The summed E-state index contributed by atoms with van der Waals surface area (Å²) in [7, 11) is 0. The molecule has 2 N–H and O–H groups in total. The number of alkyl halides is 3. The van der Waals surface area contributed by atoms with E-state index in [0.29, 0.717) is 0 Å². The van der Waals surface area contributed by atoms with Gasteiger partial charge in [0.05, 0.1) is 22.2 Å². The monoisotopic (exact) mass is 460 g/mol. The maximum absolute atomic E-state index is 13.2. The number of hydrogen-bond donors (Lipinski definition) is 2. The zero-order valence-corrected chi connectivity index (χ0v) is 17.6. The third-order valence-electron chi connectivity index (χ3n) is 5.48. The van der Waals surface area contributed by atoms with Crippen molar-refractivity contribution in [3.8, 4) is 11.1 Å². The molecule has 1 aliphatic heterocycles. The van der Waals surface area contributed by atoms with E-state index in [-0.39, 0.29) is 11.6 Å². The molecule has 0 unspecified atom stereocenters. The van der Waals surface area contributed by atoms with E-state index in [1.807, 2.05) is 24.3 Å². The van der Waals surface area contributed by atoms with Gasteiger partial charge in [0.2, 0.25) is 0 Å². The van der Waals surface area contributed by atoms with E-state index >= 15 is 0 Å². The summed E-state index contributed by atoms with van der Waals surface area (Å²) in [6, 6.07) is 10.4. The van der Waals surface area contributed by atoms with Crippen LogP contribution in [0.3, 0.4) is 0 Å². The Morgan fingerprint density at radius 2 is 1.88 bits per heavy atom. The van der Waals surface area contributed by atoms with Gasteiger partial charge in [0.1, 0.15) is 6.33 Å². The first kappa shape index (κ1) is 22.2. The molecule has 9 heteroatoms. The van der Waals surface area contributed by atoms with Gasteiger partial charge < -0.3 is 10.6 Å². The molecule has 0 aliphatic carbocycles. The molecule has 32 heavy (non-hydrogen) atoms. The summed E-state index contributed by atoms with van der Waals surface area (Å²) >= 11 is 5.97. The van der Waals surface area contributed by atoms with E-state index in [1.165, 1.54) is 18.5 Å². The molecule has 2 heterocycles. The lowest BCUT2D eigenvalue weighted by atomic mass is 9.94. The number of benzene rings is 2. The number of aromatic nitrogens is 2. The fourth-order valence-electron chi connectivity index (χ4n) is 3.92. The van der Waals surface area contributed by atoms with Crippen molar-refractivity contribution in [2.24, 2.45) is 0 Å². The van der Waals surface area contributed by atoms with Crippen molar-refractivity contribution in [1.29, 1.82) is 0 Å². The largest absolute Gasteiger partial charge is 0.417 e. The van der Waals surface area contributed by atoms with Crippen molar-refractivity contribution in [3.63, 3.8) is 0 Å². The van der Waals surface area contributed by atoms with Crippen LogP contribution in [0.5, 0.6) is 0 Å². The zero-order valence-electron chi connectivity index (χ0n) is 16.9. The molecule has 1 aromatic heterocycles. The zero-order chi connectivity index (χ0) is 22.7. The van der Waals surface area contributed by atoms with Crippen LogP contribution in [-0.4, -0.2) is 28.5 Å². The van der Waals surface area contributed by atoms with Crippen LogP contribution in [-0.2, 0) is 6.18 Å². The minimum Gasteiger partial charge on any atom is -0.344 e. The van der Waals surface area contributed by atoms with Gasteiger partial charge in [0.25, 0.3) is 5.91 Å². The standard InChI is InChI=1S/C23H20ClF3N4O/c24-20-17(6-2-7-18(20)23(25,26)27)22(32)31-21(19-8-3-9-30-19)15-5-1-4-14(10-15)16-11-28-13-29-12-16/h1-2,4-7,10-13,19,21,30H,3,8-9H2,(H,31,32)/t19-,21-/m0/s1. The first-order chi connectivity index (χ1) is 15.3. The van der Waals surface area contributed by atoms with Crippen molar-refractivity contribution in [3.05, 3.63) is 82.9 Å². The molecule has 0 saturated carbocycles. The molecule has 2 atom stereocenters. The lowest BCUT2D eigenvalue weighted by molar-refractivity contribution is -0.137. The smallest absolute Gasteiger partial charge is 0.344 e. The predicted octanol–water partition coefficient (Wildman–Crippen LogP) is 5.04. The molecule has 0 bridgehead atoms. The van der Waals surface area contributed by atoms with Crippen molar-refractivity contribution in [1.82, 2.24) is 20.6 Å². The van der Waals surface area contributed by atoms with E-state index < -0.39 is 28.7 Å². The number of carbonyl (C=O) groups excluding carboxylic acids is 1. The Morgan fingerprint density at radius 1 is 1.12 bits per heavy atom. The molecule has 166 valence electrons. The quantitative estimate of drug-likeness (QED) is 0.560. The number of nitrogens with zero attached hydrogens (tertiary/aromatic N) is 2. The second-order valence-electron chi connectivity index (χ2n) is 7.57. The van der Waals surface area contributed by atoms with Gasteiger partial charge >= 0.3 is 6.18 Å². The second-order valence-corrected chi connectivity index (χ2v) is 7.95. The molecule has 1 amide bonds. The maximum Gasteiger partial charge on any atom is 0.417 e. The minimum absolute atomic E-state index is 0.0641. The molecule has 3 aromatic rings. The number of halogens is 4. The Labute approximate surface area is 188 Å². The Kier molecular flexibility index (Phi) is 6.43. The highest BCUT2D eigenvalue weighted by Crippen LogP contribution is 2.36. The predicted molar refractivity (Wildman–Crippen MR) is 115 cm³/mol. The Morgan fingerprint density at radius 3 is 2.56 bits per heavy atom. The molecule has 2 aromatic carbocycles. The summed E-state index contributed by atoms with van der Waals surface area (Å²) < 4.78 is 39.7. The molecule has 1 aliphatic rings. The molecule has 4 rings (SSSR count). The van der Waals surface area contributed by atoms with E-state index in [4.69, 9.17) is 11.6 Å². The van der Waals surface area contributed by atoms with Crippen LogP contribution in [0, 0.1) is 0 Å². The highest BCUT2D eigenvalue weighted by Gasteiger charge is 2.35. The van der Waals surface area contributed by atoms with Crippen molar-refractivity contribution < 1.29 is 18.0 Å².